The van der Waals surface area contributed by atoms with Crippen molar-refractivity contribution in [2.45, 2.75) is 44.1 Å². The molecule has 0 saturated carbocycles. The lowest BCUT2D eigenvalue weighted by atomic mass is 9.94. The zero-order valence-electron chi connectivity index (χ0n) is 16.6. The number of carbonyl (C=O) groups excluding carboxylic acids is 1. The van der Waals surface area contributed by atoms with Gasteiger partial charge in [-0.1, -0.05) is 30.2 Å². The maximum atomic E-state index is 12.0. The SMILES string of the molecule is O=C(NO)C1CCCCN1CN1CCC(c2ccc(-c3ccc(Cl)cc3)[nH]2)CC1. The minimum atomic E-state index is -0.277. The Hall–Kier alpha value is -1.86. The topological polar surface area (TPSA) is 71.6 Å². The van der Waals surface area contributed by atoms with E-state index >= 15 is 0 Å². The van der Waals surface area contributed by atoms with Gasteiger partial charge in [0.05, 0.1) is 12.7 Å². The van der Waals surface area contributed by atoms with Gasteiger partial charge < -0.3 is 4.98 Å². The van der Waals surface area contributed by atoms with E-state index in [1.54, 1.807) is 0 Å². The Balaban J connectivity index is 1.32. The van der Waals surface area contributed by atoms with Crippen LogP contribution in [0.15, 0.2) is 36.4 Å². The fourth-order valence-corrected chi connectivity index (χ4v) is 4.75. The number of H-pyrrole nitrogens is 1. The maximum Gasteiger partial charge on any atom is 0.260 e. The third kappa shape index (κ3) is 4.83. The Morgan fingerprint density at radius 3 is 2.55 bits per heavy atom. The van der Waals surface area contributed by atoms with Gasteiger partial charge in [-0.2, -0.15) is 0 Å². The van der Waals surface area contributed by atoms with E-state index in [0.29, 0.717) is 5.92 Å². The van der Waals surface area contributed by atoms with E-state index in [1.807, 2.05) is 29.7 Å². The molecular formula is C22H29ClN4O2. The van der Waals surface area contributed by atoms with Crippen molar-refractivity contribution in [2.24, 2.45) is 0 Å². The van der Waals surface area contributed by atoms with Gasteiger partial charge >= 0.3 is 0 Å². The molecule has 0 aliphatic carbocycles. The predicted molar refractivity (Wildman–Crippen MR) is 114 cm³/mol. The van der Waals surface area contributed by atoms with Crippen LogP contribution in [-0.4, -0.2) is 58.2 Å². The molecule has 29 heavy (non-hydrogen) atoms. The Kier molecular flexibility index (Phi) is 6.55. The van der Waals surface area contributed by atoms with Crippen LogP contribution in [-0.2, 0) is 4.79 Å². The van der Waals surface area contributed by atoms with Crippen LogP contribution in [0.25, 0.3) is 11.3 Å². The fraction of sp³-hybridized carbons (Fsp3) is 0.500. The lowest BCUT2D eigenvalue weighted by molar-refractivity contribution is -0.137. The molecule has 0 spiro atoms. The van der Waals surface area contributed by atoms with Crippen LogP contribution in [0, 0.1) is 0 Å². The van der Waals surface area contributed by atoms with Crippen molar-refractivity contribution >= 4 is 17.5 Å². The van der Waals surface area contributed by atoms with Crippen LogP contribution in [0.3, 0.4) is 0 Å². The first-order chi connectivity index (χ1) is 14.1. The highest BCUT2D eigenvalue weighted by atomic mass is 35.5. The molecule has 1 unspecified atom stereocenters. The summed E-state index contributed by atoms with van der Waals surface area (Å²) in [6.07, 6.45) is 5.18. The number of amides is 1. The number of halogens is 1. The molecule has 6 nitrogen and oxygen atoms in total. The van der Waals surface area contributed by atoms with Crippen LogP contribution in [0.5, 0.6) is 0 Å². The van der Waals surface area contributed by atoms with E-state index in [2.05, 4.69) is 26.9 Å². The summed E-state index contributed by atoms with van der Waals surface area (Å²) in [5, 5.41) is 9.77. The molecule has 1 aromatic carbocycles. The van der Waals surface area contributed by atoms with E-state index in [9.17, 15) is 4.79 Å². The molecular weight excluding hydrogens is 388 g/mol. The molecule has 4 rings (SSSR count). The summed E-state index contributed by atoms with van der Waals surface area (Å²) < 4.78 is 0. The predicted octanol–water partition coefficient (Wildman–Crippen LogP) is 3.83. The monoisotopic (exact) mass is 416 g/mol. The molecule has 3 heterocycles. The first kappa shape index (κ1) is 20.4. The second kappa shape index (κ2) is 9.30. The van der Waals surface area contributed by atoms with Crippen LogP contribution < -0.4 is 5.48 Å². The second-order valence-electron chi connectivity index (χ2n) is 8.17. The molecule has 0 radical (unpaired) electrons. The maximum absolute atomic E-state index is 12.0. The normalized spacial score (nSPS) is 21.9. The van der Waals surface area contributed by atoms with Gasteiger partial charge in [-0.15, -0.1) is 0 Å². The van der Waals surface area contributed by atoms with Gasteiger partial charge in [-0.25, -0.2) is 5.48 Å². The van der Waals surface area contributed by atoms with Gasteiger partial charge in [0, 0.05) is 42.0 Å². The standard InChI is InChI=1S/C22H29ClN4O2/c23-18-6-4-16(5-7-18)19-8-9-20(24-19)17-10-13-26(14-11-17)15-27-12-2-1-3-21(27)22(28)25-29/h4-9,17,21,24,29H,1-3,10-15H2,(H,25,28). The summed E-state index contributed by atoms with van der Waals surface area (Å²) in [6.45, 7) is 3.75. The first-order valence-corrected chi connectivity index (χ1v) is 10.9. The molecule has 3 N–H and O–H groups in total. The van der Waals surface area contributed by atoms with Gasteiger partial charge in [-0.3, -0.25) is 19.8 Å². The van der Waals surface area contributed by atoms with E-state index in [4.69, 9.17) is 16.8 Å². The van der Waals surface area contributed by atoms with Crippen molar-refractivity contribution in [3.63, 3.8) is 0 Å². The Labute approximate surface area is 176 Å². The number of nitrogens with zero attached hydrogens (tertiary/aromatic N) is 2. The number of carbonyl (C=O) groups is 1. The molecule has 2 aliphatic heterocycles. The number of piperidine rings is 2. The number of hydroxylamine groups is 1. The second-order valence-corrected chi connectivity index (χ2v) is 8.60. The van der Waals surface area contributed by atoms with Crippen LogP contribution in [0.1, 0.15) is 43.7 Å². The number of benzene rings is 1. The molecule has 2 aliphatic rings. The highest BCUT2D eigenvalue weighted by Gasteiger charge is 2.31. The molecule has 1 atom stereocenters. The summed E-state index contributed by atoms with van der Waals surface area (Å²) >= 11 is 5.99. The zero-order chi connectivity index (χ0) is 20.2. The van der Waals surface area contributed by atoms with Crippen LogP contribution in [0.4, 0.5) is 0 Å². The van der Waals surface area contributed by atoms with Crippen molar-refractivity contribution in [3.05, 3.63) is 47.1 Å². The summed E-state index contributed by atoms with van der Waals surface area (Å²) in [5.74, 6) is 0.255. The van der Waals surface area contributed by atoms with Gasteiger partial charge in [0.15, 0.2) is 0 Å². The number of rotatable bonds is 5. The van der Waals surface area contributed by atoms with Crippen molar-refractivity contribution in [2.75, 3.05) is 26.3 Å². The number of hydrogen-bond acceptors (Lipinski definition) is 4. The van der Waals surface area contributed by atoms with Gasteiger partial charge in [-0.05, 0) is 55.5 Å². The third-order valence-electron chi connectivity index (χ3n) is 6.30. The lowest BCUT2D eigenvalue weighted by Gasteiger charge is -2.40. The lowest BCUT2D eigenvalue weighted by Crippen LogP contribution is -2.53. The number of aromatic amines is 1. The summed E-state index contributed by atoms with van der Waals surface area (Å²) in [7, 11) is 0. The number of nitrogens with one attached hydrogen (secondary N) is 2. The highest BCUT2D eigenvalue weighted by molar-refractivity contribution is 6.30. The average molecular weight is 417 g/mol. The number of aromatic nitrogens is 1. The quantitative estimate of drug-likeness (QED) is 0.511. The van der Waals surface area contributed by atoms with Crippen molar-refractivity contribution in [1.29, 1.82) is 0 Å². The molecule has 2 saturated heterocycles. The Bertz CT molecular complexity index is 814. The minimum Gasteiger partial charge on any atom is -0.358 e. The molecule has 2 aromatic rings. The molecule has 1 aromatic heterocycles. The summed E-state index contributed by atoms with van der Waals surface area (Å²) in [5.41, 5.74) is 5.41. The highest BCUT2D eigenvalue weighted by Crippen LogP contribution is 2.30. The number of hydrogen-bond donors (Lipinski definition) is 3. The van der Waals surface area contributed by atoms with E-state index in [-0.39, 0.29) is 11.9 Å². The first-order valence-electron chi connectivity index (χ1n) is 10.5. The molecule has 0 bridgehead atoms. The molecule has 1 amide bonds. The molecule has 156 valence electrons. The Morgan fingerprint density at radius 2 is 1.83 bits per heavy atom. The smallest absolute Gasteiger partial charge is 0.260 e. The van der Waals surface area contributed by atoms with Crippen molar-refractivity contribution in [1.82, 2.24) is 20.3 Å². The van der Waals surface area contributed by atoms with Gasteiger partial charge in [0.25, 0.3) is 5.91 Å². The molecule has 7 heteroatoms. The molecule has 2 fully saturated rings. The van der Waals surface area contributed by atoms with E-state index < -0.39 is 0 Å². The summed E-state index contributed by atoms with van der Waals surface area (Å²) in [4.78, 5) is 20.2. The van der Waals surface area contributed by atoms with E-state index in [1.165, 1.54) is 5.69 Å². The fourth-order valence-electron chi connectivity index (χ4n) is 4.62. The van der Waals surface area contributed by atoms with Crippen molar-refractivity contribution < 1.29 is 10.0 Å². The Morgan fingerprint density at radius 1 is 1.07 bits per heavy atom. The van der Waals surface area contributed by atoms with Gasteiger partial charge in [0.2, 0.25) is 0 Å². The summed E-state index contributed by atoms with van der Waals surface area (Å²) in [6, 6.07) is 12.1. The average Bonchev–Trinajstić information content (AvgIpc) is 3.25. The van der Waals surface area contributed by atoms with Gasteiger partial charge in [0.1, 0.15) is 0 Å². The van der Waals surface area contributed by atoms with Crippen LogP contribution in [0.2, 0.25) is 5.02 Å². The minimum absolute atomic E-state index is 0.211. The van der Waals surface area contributed by atoms with E-state index in [0.717, 1.165) is 74.7 Å². The third-order valence-corrected chi connectivity index (χ3v) is 6.55. The van der Waals surface area contributed by atoms with Crippen molar-refractivity contribution in [3.8, 4) is 11.3 Å². The largest absolute Gasteiger partial charge is 0.358 e. The number of likely N-dealkylation sites (tertiary alicyclic amines) is 2. The zero-order valence-corrected chi connectivity index (χ0v) is 17.4. The van der Waals surface area contributed by atoms with Crippen LogP contribution >= 0.6 is 11.6 Å².